The summed E-state index contributed by atoms with van der Waals surface area (Å²) < 4.78 is 5.46. The van der Waals surface area contributed by atoms with Gasteiger partial charge in [0.1, 0.15) is 5.01 Å². The average molecular weight is 276 g/mol. The third-order valence-electron chi connectivity index (χ3n) is 2.75. The van der Waals surface area contributed by atoms with Crippen LogP contribution in [-0.2, 0) is 17.9 Å². The Balaban J connectivity index is 2.25. The van der Waals surface area contributed by atoms with Crippen molar-refractivity contribution >= 4 is 11.3 Å². The molecule has 2 rings (SSSR count). The molecule has 3 nitrogen and oxygen atoms in total. The summed E-state index contributed by atoms with van der Waals surface area (Å²) in [6, 6.07) is 10.3. The molecular formula is C15H20N2OS. The lowest BCUT2D eigenvalue weighted by Gasteiger charge is -2.02. The molecule has 0 aliphatic rings. The third kappa shape index (κ3) is 3.86. The number of thiazole rings is 1. The lowest BCUT2D eigenvalue weighted by atomic mass is 10.1. The second-order valence-electron chi connectivity index (χ2n) is 4.16. The molecule has 0 saturated carbocycles. The molecule has 102 valence electrons. The minimum atomic E-state index is 0.604. The predicted molar refractivity (Wildman–Crippen MR) is 80.3 cm³/mol. The maximum Gasteiger partial charge on any atom is 0.119 e. The Kier molecular flexibility index (Phi) is 5.51. The molecule has 0 saturated heterocycles. The van der Waals surface area contributed by atoms with Crippen LogP contribution < -0.4 is 5.32 Å². The van der Waals surface area contributed by atoms with E-state index in [2.05, 4.69) is 24.4 Å². The topological polar surface area (TPSA) is 34.1 Å². The van der Waals surface area contributed by atoms with Crippen molar-refractivity contribution in [2.45, 2.75) is 27.0 Å². The first-order chi connectivity index (χ1) is 9.35. The fourth-order valence-electron chi connectivity index (χ4n) is 1.83. The van der Waals surface area contributed by atoms with Crippen LogP contribution in [0.1, 0.15) is 23.7 Å². The molecule has 0 spiro atoms. The van der Waals surface area contributed by atoms with Gasteiger partial charge < -0.3 is 10.1 Å². The van der Waals surface area contributed by atoms with Crippen LogP contribution in [-0.4, -0.2) is 18.1 Å². The SMILES string of the molecule is CCNCc1sc(COCC)nc1-c1ccccc1. The summed E-state index contributed by atoms with van der Waals surface area (Å²) in [5.74, 6) is 0. The quantitative estimate of drug-likeness (QED) is 0.841. The summed E-state index contributed by atoms with van der Waals surface area (Å²) >= 11 is 1.74. The van der Waals surface area contributed by atoms with Gasteiger partial charge in [0.05, 0.1) is 12.3 Å². The van der Waals surface area contributed by atoms with Crippen LogP contribution in [0.4, 0.5) is 0 Å². The van der Waals surface area contributed by atoms with E-state index in [1.54, 1.807) is 11.3 Å². The number of rotatable bonds is 7. The summed E-state index contributed by atoms with van der Waals surface area (Å²) in [4.78, 5) is 6.00. The highest BCUT2D eigenvalue weighted by Gasteiger charge is 2.12. The van der Waals surface area contributed by atoms with Crippen molar-refractivity contribution in [3.05, 3.63) is 40.2 Å². The summed E-state index contributed by atoms with van der Waals surface area (Å²) in [5.41, 5.74) is 2.26. The van der Waals surface area contributed by atoms with Gasteiger partial charge in [0.15, 0.2) is 0 Å². The summed E-state index contributed by atoms with van der Waals surface area (Å²) in [5, 5.41) is 4.42. The lowest BCUT2D eigenvalue weighted by molar-refractivity contribution is 0.134. The molecule has 1 N–H and O–H groups in total. The summed E-state index contributed by atoms with van der Waals surface area (Å²) in [6.45, 7) is 7.28. The Bertz CT molecular complexity index is 496. The first-order valence-electron chi connectivity index (χ1n) is 6.67. The Morgan fingerprint density at radius 3 is 2.68 bits per heavy atom. The van der Waals surface area contributed by atoms with Gasteiger partial charge in [-0.2, -0.15) is 0 Å². The molecule has 0 aliphatic heterocycles. The van der Waals surface area contributed by atoms with Crippen molar-refractivity contribution in [1.82, 2.24) is 10.3 Å². The van der Waals surface area contributed by atoms with Crippen LogP contribution in [0.2, 0.25) is 0 Å². The van der Waals surface area contributed by atoms with Crippen molar-refractivity contribution in [3.8, 4) is 11.3 Å². The Morgan fingerprint density at radius 1 is 1.21 bits per heavy atom. The molecule has 19 heavy (non-hydrogen) atoms. The molecule has 1 aromatic heterocycles. The van der Waals surface area contributed by atoms with Crippen molar-refractivity contribution in [1.29, 1.82) is 0 Å². The van der Waals surface area contributed by atoms with Gasteiger partial charge in [-0.3, -0.25) is 0 Å². The first kappa shape index (κ1) is 14.2. The Morgan fingerprint density at radius 2 is 2.00 bits per heavy atom. The van der Waals surface area contributed by atoms with Gasteiger partial charge in [0.25, 0.3) is 0 Å². The maximum atomic E-state index is 5.46. The zero-order valence-corrected chi connectivity index (χ0v) is 12.3. The molecule has 0 amide bonds. The fourth-order valence-corrected chi connectivity index (χ4v) is 2.83. The van der Waals surface area contributed by atoms with Crippen molar-refractivity contribution in [2.24, 2.45) is 0 Å². The second-order valence-corrected chi connectivity index (χ2v) is 5.33. The second kappa shape index (κ2) is 7.38. The minimum Gasteiger partial charge on any atom is -0.375 e. The van der Waals surface area contributed by atoms with E-state index in [0.717, 1.165) is 30.4 Å². The Labute approximate surface area is 118 Å². The van der Waals surface area contributed by atoms with Crippen LogP contribution in [0.15, 0.2) is 30.3 Å². The number of hydrogen-bond donors (Lipinski definition) is 1. The molecule has 0 aliphatic carbocycles. The van der Waals surface area contributed by atoms with E-state index in [1.807, 2.05) is 25.1 Å². The van der Waals surface area contributed by atoms with Crippen LogP contribution in [0.25, 0.3) is 11.3 Å². The number of nitrogens with zero attached hydrogens (tertiary/aromatic N) is 1. The molecule has 0 radical (unpaired) electrons. The van der Waals surface area contributed by atoms with Gasteiger partial charge in [-0.05, 0) is 13.5 Å². The van der Waals surface area contributed by atoms with Crippen molar-refractivity contribution in [2.75, 3.05) is 13.2 Å². The first-order valence-corrected chi connectivity index (χ1v) is 7.49. The summed E-state index contributed by atoms with van der Waals surface area (Å²) in [7, 11) is 0. The molecule has 1 aromatic carbocycles. The maximum absolute atomic E-state index is 5.46. The zero-order chi connectivity index (χ0) is 13.5. The molecule has 1 heterocycles. The van der Waals surface area contributed by atoms with Crippen LogP contribution in [0, 0.1) is 0 Å². The Hall–Kier alpha value is -1.23. The number of ether oxygens (including phenoxy) is 1. The van der Waals surface area contributed by atoms with E-state index in [9.17, 15) is 0 Å². The van der Waals surface area contributed by atoms with E-state index < -0.39 is 0 Å². The van der Waals surface area contributed by atoms with E-state index in [1.165, 1.54) is 10.4 Å². The summed E-state index contributed by atoms with van der Waals surface area (Å²) in [6.07, 6.45) is 0. The normalized spacial score (nSPS) is 10.8. The van der Waals surface area contributed by atoms with Crippen LogP contribution >= 0.6 is 11.3 Å². The molecule has 4 heteroatoms. The van der Waals surface area contributed by atoms with Gasteiger partial charge in [-0.1, -0.05) is 37.3 Å². The highest BCUT2D eigenvalue weighted by atomic mass is 32.1. The number of aromatic nitrogens is 1. The molecule has 0 bridgehead atoms. The van der Waals surface area contributed by atoms with Gasteiger partial charge in [-0.25, -0.2) is 4.98 Å². The van der Waals surface area contributed by atoms with E-state index in [4.69, 9.17) is 9.72 Å². The molecule has 0 fully saturated rings. The van der Waals surface area contributed by atoms with Crippen LogP contribution in [0.5, 0.6) is 0 Å². The van der Waals surface area contributed by atoms with E-state index in [-0.39, 0.29) is 0 Å². The van der Waals surface area contributed by atoms with Gasteiger partial charge in [-0.15, -0.1) is 11.3 Å². The largest absolute Gasteiger partial charge is 0.375 e. The van der Waals surface area contributed by atoms with Crippen LogP contribution in [0.3, 0.4) is 0 Å². The third-order valence-corrected chi connectivity index (χ3v) is 3.78. The number of hydrogen-bond acceptors (Lipinski definition) is 4. The van der Waals surface area contributed by atoms with Gasteiger partial charge in [0.2, 0.25) is 0 Å². The average Bonchev–Trinajstić information content (AvgIpc) is 2.87. The predicted octanol–water partition coefficient (Wildman–Crippen LogP) is 3.46. The number of nitrogens with one attached hydrogen (secondary N) is 1. The molecule has 2 aromatic rings. The van der Waals surface area contributed by atoms with Gasteiger partial charge >= 0.3 is 0 Å². The molecular weight excluding hydrogens is 256 g/mol. The fraction of sp³-hybridized carbons (Fsp3) is 0.400. The highest BCUT2D eigenvalue weighted by molar-refractivity contribution is 7.12. The zero-order valence-electron chi connectivity index (χ0n) is 11.5. The van der Waals surface area contributed by atoms with Gasteiger partial charge in [0, 0.05) is 23.6 Å². The molecule has 0 atom stereocenters. The minimum absolute atomic E-state index is 0.604. The highest BCUT2D eigenvalue weighted by Crippen LogP contribution is 2.28. The molecule has 0 unspecified atom stereocenters. The van der Waals surface area contributed by atoms with E-state index in [0.29, 0.717) is 6.61 Å². The monoisotopic (exact) mass is 276 g/mol. The lowest BCUT2D eigenvalue weighted by Crippen LogP contribution is -2.11. The van der Waals surface area contributed by atoms with E-state index >= 15 is 0 Å². The smallest absolute Gasteiger partial charge is 0.119 e. The standard InChI is InChI=1S/C15H20N2OS/c1-3-16-10-13-15(12-8-6-5-7-9-12)17-14(19-13)11-18-4-2/h5-9,16H,3-4,10-11H2,1-2H3. The van der Waals surface area contributed by atoms with Crippen molar-refractivity contribution < 1.29 is 4.74 Å². The number of benzene rings is 1. The van der Waals surface area contributed by atoms with Crippen molar-refractivity contribution in [3.63, 3.8) is 0 Å².